The number of nitrogens with one attached hydrogen (secondary N) is 5. The van der Waals surface area contributed by atoms with Crippen molar-refractivity contribution in [1.82, 2.24) is 130 Å². The Morgan fingerprint density at radius 3 is 0.571 bits per heavy atom. The number of hydrogen-bond donors (Lipinski definition) is 5. The molecule has 0 saturated heterocycles. The van der Waals surface area contributed by atoms with Crippen molar-refractivity contribution < 1.29 is 0 Å². The number of fused-ring (bicyclic) bond motifs is 5. The van der Waals surface area contributed by atoms with Gasteiger partial charge >= 0.3 is 0 Å². The van der Waals surface area contributed by atoms with Crippen LogP contribution in [0.4, 0.5) is 0 Å². The Morgan fingerprint density at radius 1 is 0.222 bits per heavy atom. The summed E-state index contributed by atoms with van der Waals surface area (Å²) >= 11 is 0. The van der Waals surface area contributed by atoms with E-state index in [0.29, 0.717) is 28.2 Å². The van der Waals surface area contributed by atoms with Gasteiger partial charge in [-0.15, -0.1) is 0 Å². The zero-order chi connectivity index (χ0) is 43.3. The van der Waals surface area contributed by atoms with Gasteiger partial charge in [-0.3, -0.25) is 0 Å². The van der Waals surface area contributed by atoms with Gasteiger partial charge in [0.25, 0.3) is 0 Å². The van der Waals surface area contributed by atoms with E-state index in [-0.39, 0.29) is 0 Å². The number of imidazole rings is 5. The molecule has 0 fully saturated rings. The average molecular weight is 841 g/mol. The van der Waals surface area contributed by atoms with E-state index >= 15 is 0 Å². The molecule has 0 radical (unpaired) electrons. The van der Waals surface area contributed by atoms with E-state index in [4.69, 9.17) is 0 Å². The number of H-pyrrole nitrogens is 5. The molecule has 310 valence electrons. The predicted molar refractivity (Wildman–Crippen MR) is 225 cm³/mol. The summed E-state index contributed by atoms with van der Waals surface area (Å²) in [5.74, 6) is 0. The highest BCUT2D eigenvalue weighted by molar-refractivity contribution is 5.69. The average Bonchev–Trinajstić information content (AvgIpc) is 4.25. The zero-order valence-corrected chi connectivity index (χ0v) is 32.5. The molecule has 0 unspecified atom stereocenters. The molecule has 13 heterocycles. The lowest BCUT2D eigenvalue weighted by atomic mass is 10.6. The van der Waals surface area contributed by atoms with Gasteiger partial charge in [-0.1, -0.05) is 0 Å². The van der Waals surface area contributed by atoms with Crippen LogP contribution in [0.25, 0.3) is 55.8 Å². The normalized spacial score (nSPS) is 9.59. The van der Waals surface area contributed by atoms with Gasteiger partial charge in [0.15, 0.2) is 28.2 Å². The van der Waals surface area contributed by atoms with E-state index in [0.717, 1.165) is 27.6 Å². The lowest BCUT2D eigenvalue weighted by molar-refractivity contribution is 1.17. The Morgan fingerprint density at radius 2 is 0.429 bits per heavy atom. The van der Waals surface area contributed by atoms with Gasteiger partial charge < -0.3 is 24.9 Å². The molecule has 0 atom stereocenters. The van der Waals surface area contributed by atoms with Crippen molar-refractivity contribution in [2.45, 2.75) is 0 Å². The summed E-state index contributed by atoms with van der Waals surface area (Å²) in [5, 5.41) is 0. The van der Waals surface area contributed by atoms with Gasteiger partial charge in [0, 0.05) is 37.2 Å². The van der Waals surface area contributed by atoms with Gasteiger partial charge in [0.2, 0.25) is 0 Å². The highest BCUT2D eigenvalue weighted by Crippen LogP contribution is 2.02. The van der Waals surface area contributed by atoms with E-state index in [1.807, 2.05) is 0 Å². The van der Waals surface area contributed by atoms with Gasteiger partial charge in [-0.05, 0) is 18.2 Å². The van der Waals surface area contributed by atoms with Crippen molar-refractivity contribution in [2.24, 2.45) is 0 Å². The topological polar surface area (TPSA) is 350 Å². The maximum atomic E-state index is 3.91. The van der Waals surface area contributed by atoms with Crippen LogP contribution in [-0.4, -0.2) is 130 Å². The van der Waals surface area contributed by atoms with Gasteiger partial charge in [0.05, 0.1) is 62.6 Å². The lowest BCUT2D eigenvalue weighted by Gasteiger charge is -1.80. The first-order valence-corrected chi connectivity index (χ1v) is 17.9. The molecule has 0 aliphatic carbocycles. The molecule has 63 heavy (non-hydrogen) atoms. The van der Waals surface area contributed by atoms with Crippen molar-refractivity contribution in [3.8, 4) is 0 Å². The molecule has 0 amide bonds. The second-order valence-electron chi connectivity index (χ2n) is 11.0. The van der Waals surface area contributed by atoms with Crippen LogP contribution in [0.3, 0.4) is 0 Å². The number of aromatic amines is 5. The molecule has 0 aliphatic rings. The van der Waals surface area contributed by atoms with Crippen LogP contribution in [0.5, 0.6) is 0 Å². The van der Waals surface area contributed by atoms with Gasteiger partial charge in [0.1, 0.15) is 78.2 Å². The van der Waals surface area contributed by atoms with Crippen molar-refractivity contribution in [2.75, 3.05) is 0 Å². The number of rotatable bonds is 0. The zero-order valence-electron chi connectivity index (χ0n) is 32.5. The van der Waals surface area contributed by atoms with Crippen molar-refractivity contribution in [1.29, 1.82) is 0 Å². The Balaban J connectivity index is 0.000000121. The largest absolute Gasteiger partial charge is 0.342 e. The molecule has 26 nitrogen and oxygen atoms in total. The first kappa shape index (κ1) is 42.6. The quantitative estimate of drug-likeness (QED) is 0.146. The fraction of sp³-hybridized carbons (Fsp3) is 0. The van der Waals surface area contributed by atoms with E-state index in [2.05, 4.69) is 130 Å². The van der Waals surface area contributed by atoms with E-state index in [1.54, 1.807) is 118 Å². The summed E-state index contributed by atoms with van der Waals surface area (Å²) in [6, 6.07) is 5.33. The number of aromatic nitrogens is 26. The summed E-state index contributed by atoms with van der Waals surface area (Å²) in [6.07, 6.45) is 38.4. The second-order valence-corrected chi connectivity index (χ2v) is 11.0. The minimum absolute atomic E-state index is 0.713. The van der Waals surface area contributed by atoms with E-state index < -0.39 is 0 Å². The molecule has 13 aromatic rings. The fourth-order valence-electron chi connectivity index (χ4n) is 4.21. The van der Waals surface area contributed by atoms with Crippen LogP contribution in [0.2, 0.25) is 0 Å². The predicted octanol–water partition coefficient (Wildman–Crippen LogP) is 3.19. The molecule has 26 heteroatoms. The Labute approximate surface area is 353 Å². The third kappa shape index (κ3) is 15.0. The van der Waals surface area contributed by atoms with E-state index in [1.165, 1.54) is 50.6 Å². The molecule has 13 rings (SSSR count). The van der Waals surface area contributed by atoms with Crippen molar-refractivity contribution >= 4 is 55.8 Å². The Kier molecular flexibility index (Phi) is 17.2. The summed E-state index contributed by atoms with van der Waals surface area (Å²) < 4.78 is 0. The summed E-state index contributed by atoms with van der Waals surface area (Å²) in [4.78, 5) is 94.5. The smallest absolute Gasteiger partial charge is 0.180 e. The first-order chi connectivity index (χ1) is 31.3. The molecular weight excluding hydrogens is 809 g/mol. The van der Waals surface area contributed by atoms with E-state index in [9.17, 15) is 0 Å². The Hall–Kier alpha value is -10.0. The van der Waals surface area contributed by atoms with Crippen LogP contribution >= 0.6 is 0 Å². The van der Waals surface area contributed by atoms with Crippen LogP contribution in [0.1, 0.15) is 0 Å². The maximum absolute atomic E-state index is 3.91. The SMILES string of the molecule is c1cncnc1.c1cncnc1.c1cncnc1.c1ncc2[nH]cnc2n1.c1ncc2[nH]cnc2n1.c1ncc2[nH]cnc2n1.c1ncc2[nH]cnc2n1.c1ncc2[nH]cnc2n1. The summed E-state index contributed by atoms with van der Waals surface area (Å²) in [6.45, 7) is 0. The minimum Gasteiger partial charge on any atom is -0.342 e. The van der Waals surface area contributed by atoms with Crippen LogP contribution < -0.4 is 0 Å². The monoisotopic (exact) mass is 840 g/mol. The maximum Gasteiger partial charge on any atom is 0.180 e. The Bertz CT molecular complexity index is 2430. The molecular formula is C37H32N26. The second kappa shape index (κ2) is 25.4. The van der Waals surface area contributed by atoms with Crippen molar-refractivity contribution in [3.63, 3.8) is 0 Å². The van der Waals surface area contributed by atoms with Crippen LogP contribution in [0.15, 0.2) is 169 Å². The fourth-order valence-corrected chi connectivity index (χ4v) is 4.21. The molecule has 0 aromatic carbocycles. The summed E-state index contributed by atoms with van der Waals surface area (Å²) in [7, 11) is 0. The first-order valence-electron chi connectivity index (χ1n) is 17.9. The third-order valence-electron chi connectivity index (χ3n) is 6.92. The lowest BCUT2D eigenvalue weighted by Crippen LogP contribution is -1.76. The molecule has 0 aliphatic heterocycles. The minimum atomic E-state index is 0.713. The van der Waals surface area contributed by atoms with Gasteiger partial charge in [-0.2, -0.15) is 0 Å². The molecule has 5 N–H and O–H groups in total. The van der Waals surface area contributed by atoms with Crippen LogP contribution in [-0.2, 0) is 0 Å². The van der Waals surface area contributed by atoms with Gasteiger partial charge in [-0.25, -0.2) is 105 Å². The summed E-state index contributed by atoms with van der Waals surface area (Å²) in [5.41, 5.74) is 7.93. The molecule has 0 spiro atoms. The number of nitrogens with zero attached hydrogens (tertiary/aromatic N) is 21. The highest BCUT2D eigenvalue weighted by Gasteiger charge is 1.94. The van der Waals surface area contributed by atoms with Crippen molar-refractivity contribution in [3.05, 3.63) is 169 Å². The highest BCUT2D eigenvalue weighted by atomic mass is 15.0. The van der Waals surface area contributed by atoms with Crippen LogP contribution in [0, 0.1) is 0 Å². The third-order valence-corrected chi connectivity index (χ3v) is 6.92. The standard InChI is InChI=1S/5C5H4N4.3C4H4N2/c5*1-4-5(8-2-6-1)9-3-7-4;3*1-2-5-4-6-3-1/h5*1-3H,(H,6,7,8,9);3*1-4H. The molecule has 0 bridgehead atoms. The molecule has 13 aromatic heterocycles. The number of hydrogen-bond acceptors (Lipinski definition) is 21. The molecule has 0 saturated carbocycles.